The van der Waals surface area contributed by atoms with Crippen LogP contribution in [0.15, 0.2) is 29.2 Å². The molecule has 1 N–H and O–H groups in total. The van der Waals surface area contributed by atoms with E-state index >= 15 is 0 Å². The third-order valence-electron chi connectivity index (χ3n) is 2.31. The standard InChI is InChI=1S/C12H8FNO4S/c13-8-3-1-2-7(4-8)5-9-11(17)14(6-10(15)16)12(18)19-9/h1-5H,6H2,(H,15,16). The van der Waals surface area contributed by atoms with Crippen LogP contribution in [-0.2, 0) is 9.59 Å². The summed E-state index contributed by atoms with van der Waals surface area (Å²) in [6.45, 7) is -0.675. The molecule has 98 valence electrons. The highest BCUT2D eigenvalue weighted by Crippen LogP contribution is 2.31. The van der Waals surface area contributed by atoms with Gasteiger partial charge in [-0.2, -0.15) is 0 Å². The molecule has 2 rings (SSSR count). The number of carbonyl (C=O) groups excluding carboxylic acids is 2. The molecule has 19 heavy (non-hydrogen) atoms. The third kappa shape index (κ3) is 3.00. The lowest BCUT2D eigenvalue weighted by Gasteiger charge is -2.07. The number of carbonyl (C=O) groups is 3. The first-order valence-corrected chi connectivity index (χ1v) is 6.02. The summed E-state index contributed by atoms with van der Waals surface area (Å²) in [6.07, 6.45) is 1.36. The van der Waals surface area contributed by atoms with Gasteiger partial charge in [-0.15, -0.1) is 0 Å². The number of rotatable bonds is 3. The Hall–Kier alpha value is -2.15. The van der Waals surface area contributed by atoms with Crippen LogP contribution in [0.2, 0.25) is 0 Å². The van der Waals surface area contributed by atoms with Gasteiger partial charge in [0.1, 0.15) is 12.4 Å². The normalized spacial score (nSPS) is 17.3. The molecule has 1 aromatic rings. The second-order valence-corrected chi connectivity index (χ2v) is 4.71. The molecule has 0 unspecified atom stereocenters. The Morgan fingerprint density at radius 3 is 2.79 bits per heavy atom. The van der Waals surface area contributed by atoms with Crippen LogP contribution in [0.1, 0.15) is 5.56 Å². The second kappa shape index (κ2) is 5.23. The van der Waals surface area contributed by atoms with Gasteiger partial charge in [-0.1, -0.05) is 12.1 Å². The Labute approximate surface area is 111 Å². The molecule has 0 radical (unpaired) electrons. The first kappa shape index (κ1) is 13.3. The molecule has 0 saturated carbocycles. The van der Waals surface area contributed by atoms with Gasteiger partial charge in [-0.05, 0) is 35.5 Å². The summed E-state index contributed by atoms with van der Waals surface area (Å²) >= 11 is 0.637. The molecule has 1 saturated heterocycles. The van der Waals surface area contributed by atoms with E-state index < -0.39 is 29.5 Å². The first-order valence-electron chi connectivity index (χ1n) is 5.20. The molecule has 1 aliphatic rings. The van der Waals surface area contributed by atoms with Crippen LogP contribution < -0.4 is 0 Å². The maximum absolute atomic E-state index is 13.0. The number of benzene rings is 1. The number of imide groups is 1. The largest absolute Gasteiger partial charge is 0.480 e. The zero-order valence-electron chi connectivity index (χ0n) is 9.50. The molecule has 1 heterocycles. The van der Waals surface area contributed by atoms with E-state index in [2.05, 4.69) is 0 Å². The lowest BCUT2D eigenvalue weighted by atomic mass is 10.2. The Balaban J connectivity index is 2.25. The van der Waals surface area contributed by atoms with E-state index in [1.165, 1.54) is 24.3 Å². The van der Waals surface area contributed by atoms with Crippen molar-refractivity contribution >= 4 is 35.0 Å². The van der Waals surface area contributed by atoms with Crippen molar-refractivity contribution in [3.05, 3.63) is 40.6 Å². The van der Waals surface area contributed by atoms with Crippen LogP contribution in [0.5, 0.6) is 0 Å². The highest BCUT2D eigenvalue weighted by atomic mass is 32.2. The van der Waals surface area contributed by atoms with Crippen LogP contribution in [0.25, 0.3) is 6.08 Å². The minimum Gasteiger partial charge on any atom is -0.480 e. The summed E-state index contributed by atoms with van der Waals surface area (Å²) in [5.74, 6) is -2.41. The van der Waals surface area contributed by atoms with E-state index in [1.807, 2.05) is 0 Å². The maximum Gasteiger partial charge on any atom is 0.323 e. The van der Waals surface area contributed by atoms with Crippen molar-refractivity contribution in [1.82, 2.24) is 4.90 Å². The summed E-state index contributed by atoms with van der Waals surface area (Å²) in [5, 5.41) is 7.95. The fraction of sp³-hybridized carbons (Fsp3) is 0.0833. The quantitative estimate of drug-likeness (QED) is 0.857. The van der Waals surface area contributed by atoms with Crippen LogP contribution in [0.3, 0.4) is 0 Å². The van der Waals surface area contributed by atoms with Crippen molar-refractivity contribution in [3.8, 4) is 0 Å². The number of halogens is 1. The Morgan fingerprint density at radius 2 is 2.16 bits per heavy atom. The van der Waals surface area contributed by atoms with Crippen LogP contribution in [0.4, 0.5) is 9.18 Å². The predicted molar refractivity (Wildman–Crippen MR) is 66.7 cm³/mol. The summed E-state index contributed by atoms with van der Waals surface area (Å²) < 4.78 is 13.0. The average Bonchev–Trinajstić information content (AvgIpc) is 2.57. The monoisotopic (exact) mass is 281 g/mol. The SMILES string of the molecule is O=C(O)CN1C(=O)SC(=Cc2cccc(F)c2)C1=O. The molecule has 1 aliphatic heterocycles. The summed E-state index contributed by atoms with van der Waals surface area (Å²) in [6, 6.07) is 5.52. The summed E-state index contributed by atoms with van der Waals surface area (Å²) in [5.41, 5.74) is 0.431. The number of hydrogen-bond donors (Lipinski definition) is 1. The van der Waals surface area contributed by atoms with Crippen LogP contribution in [-0.4, -0.2) is 33.7 Å². The van der Waals surface area contributed by atoms with Crippen molar-refractivity contribution < 1.29 is 23.9 Å². The number of aliphatic carboxylic acids is 1. The number of hydrogen-bond acceptors (Lipinski definition) is 4. The fourth-order valence-corrected chi connectivity index (χ4v) is 2.36. The van der Waals surface area contributed by atoms with Crippen molar-refractivity contribution in [2.75, 3.05) is 6.54 Å². The number of carboxylic acid groups (broad SMARTS) is 1. The number of nitrogens with zero attached hydrogens (tertiary/aromatic N) is 1. The Bertz CT molecular complexity index is 599. The molecule has 1 aromatic carbocycles. The molecule has 0 atom stereocenters. The average molecular weight is 281 g/mol. The van der Waals surface area contributed by atoms with Gasteiger partial charge in [0, 0.05) is 0 Å². The van der Waals surface area contributed by atoms with Gasteiger partial charge >= 0.3 is 5.97 Å². The van der Waals surface area contributed by atoms with Gasteiger partial charge in [0.15, 0.2) is 0 Å². The highest BCUT2D eigenvalue weighted by molar-refractivity contribution is 8.18. The van der Waals surface area contributed by atoms with Gasteiger partial charge < -0.3 is 5.11 Å². The molecule has 0 bridgehead atoms. The van der Waals surface area contributed by atoms with Gasteiger partial charge in [-0.25, -0.2) is 4.39 Å². The van der Waals surface area contributed by atoms with E-state index in [4.69, 9.17) is 5.11 Å². The summed E-state index contributed by atoms with van der Waals surface area (Å²) in [7, 11) is 0. The second-order valence-electron chi connectivity index (χ2n) is 3.72. The predicted octanol–water partition coefficient (Wildman–Crippen LogP) is 1.95. The third-order valence-corrected chi connectivity index (χ3v) is 3.22. The van der Waals surface area contributed by atoms with Crippen molar-refractivity contribution in [3.63, 3.8) is 0 Å². The number of carboxylic acids is 1. The lowest BCUT2D eigenvalue weighted by molar-refractivity contribution is -0.140. The zero-order chi connectivity index (χ0) is 14.0. The van der Waals surface area contributed by atoms with Crippen LogP contribution in [0, 0.1) is 5.82 Å². The Kier molecular flexibility index (Phi) is 3.66. The molecule has 0 spiro atoms. The van der Waals surface area contributed by atoms with E-state index in [-0.39, 0.29) is 4.91 Å². The molecule has 0 aromatic heterocycles. The van der Waals surface area contributed by atoms with E-state index in [9.17, 15) is 18.8 Å². The lowest BCUT2D eigenvalue weighted by Crippen LogP contribution is -2.33. The van der Waals surface area contributed by atoms with E-state index in [1.54, 1.807) is 6.07 Å². The number of thioether (sulfide) groups is 1. The van der Waals surface area contributed by atoms with Crippen LogP contribution >= 0.6 is 11.8 Å². The van der Waals surface area contributed by atoms with Crippen molar-refractivity contribution in [2.45, 2.75) is 0 Å². The van der Waals surface area contributed by atoms with Crippen molar-refractivity contribution in [2.24, 2.45) is 0 Å². The zero-order valence-corrected chi connectivity index (χ0v) is 10.3. The molecule has 1 fully saturated rings. The molecular formula is C12H8FNO4S. The van der Waals surface area contributed by atoms with Gasteiger partial charge in [0.2, 0.25) is 0 Å². The first-order chi connectivity index (χ1) is 8.97. The minimum atomic E-state index is -1.27. The minimum absolute atomic E-state index is 0.0804. The summed E-state index contributed by atoms with van der Waals surface area (Å²) in [4.78, 5) is 34.5. The van der Waals surface area contributed by atoms with Gasteiger partial charge in [-0.3, -0.25) is 19.3 Å². The molecule has 5 nitrogen and oxygen atoms in total. The van der Waals surface area contributed by atoms with E-state index in [0.29, 0.717) is 22.2 Å². The highest BCUT2D eigenvalue weighted by Gasteiger charge is 2.36. The number of amides is 2. The molecule has 2 amide bonds. The van der Waals surface area contributed by atoms with Gasteiger partial charge in [0.25, 0.3) is 11.1 Å². The molecular weight excluding hydrogens is 273 g/mol. The topological polar surface area (TPSA) is 74.7 Å². The smallest absolute Gasteiger partial charge is 0.323 e. The van der Waals surface area contributed by atoms with Gasteiger partial charge in [0.05, 0.1) is 4.91 Å². The molecule has 0 aliphatic carbocycles. The Morgan fingerprint density at radius 1 is 1.42 bits per heavy atom. The molecule has 7 heteroatoms. The van der Waals surface area contributed by atoms with E-state index in [0.717, 1.165) is 0 Å². The van der Waals surface area contributed by atoms with Crippen molar-refractivity contribution in [1.29, 1.82) is 0 Å². The maximum atomic E-state index is 13.0. The fourth-order valence-electron chi connectivity index (χ4n) is 1.52.